The second-order valence-electron chi connectivity index (χ2n) is 6.13. The first-order valence-corrected chi connectivity index (χ1v) is 8.00. The fourth-order valence-corrected chi connectivity index (χ4v) is 3.80. The van der Waals surface area contributed by atoms with Crippen LogP contribution in [0.15, 0.2) is 12.1 Å². The average Bonchev–Trinajstić information content (AvgIpc) is 3.01. The molecule has 2 heterocycles. The number of methoxy groups -OCH3 is 3. The number of hydrogen-bond acceptors (Lipinski definition) is 5. The monoisotopic (exact) mass is 342 g/mol. The third-order valence-electron chi connectivity index (χ3n) is 4.92. The van der Waals surface area contributed by atoms with Crippen molar-refractivity contribution in [3.8, 4) is 17.2 Å². The van der Waals surface area contributed by atoms with Crippen molar-refractivity contribution in [3.05, 3.63) is 17.7 Å². The predicted molar refractivity (Wildman–Crippen MR) is 93.1 cm³/mol. The van der Waals surface area contributed by atoms with Crippen LogP contribution < -0.4 is 19.5 Å². The molecule has 0 spiro atoms. The topological polar surface area (TPSA) is 43.0 Å². The predicted octanol–water partition coefficient (Wildman–Crippen LogP) is 2.32. The minimum atomic E-state index is 0. The Morgan fingerprint density at radius 2 is 1.87 bits per heavy atom. The molecular formula is C17H27ClN2O3. The van der Waals surface area contributed by atoms with Gasteiger partial charge in [0.1, 0.15) is 0 Å². The minimum absolute atomic E-state index is 0. The van der Waals surface area contributed by atoms with Gasteiger partial charge < -0.3 is 19.5 Å². The molecule has 2 unspecified atom stereocenters. The van der Waals surface area contributed by atoms with Crippen LogP contribution in [0.5, 0.6) is 17.2 Å². The first-order chi connectivity index (χ1) is 10.8. The number of hydrogen-bond donors (Lipinski definition) is 1. The smallest absolute Gasteiger partial charge is 0.203 e. The first-order valence-electron chi connectivity index (χ1n) is 8.00. The van der Waals surface area contributed by atoms with E-state index in [2.05, 4.69) is 16.3 Å². The van der Waals surface area contributed by atoms with Gasteiger partial charge in [0, 0.05) is 24.7 Å². The van der Waals surface area contributed by atoms with Crippen LogP contribution in [0.25, 0.3) is 0 Å². The molecule has 0 bridgehead atoms. The molecule has 0 aromatic heterocycles. The molecule has 0 aliphatic carbocycles. The zero-order chi connectivity index (χ0) is 15.5. The molecule has 1 N–H and O–H groups in total. The molecule has 0 saturated carbocycles. The van der Waals surface area contributed by atoms with Gasteiger partial charge >= 0.3 is 0 Å². The fourth-order valence-electron chi connectivity index (χ4n) is 3.80. The number of ether oxygens (including phenoxy) is 3. The van der Waals surface area contributed by atoms with E-state index >= 15 is 0 Å². The number of piperidine rings is 1. The van der Waals surface area contributed by atoms with Gasteiger partial charge in [-0.15, -0.1) is 12.4 Å². The molecule has 6 heteroatoms. The van der Waals surface area contributed by atoms with Crippen molar-refractivity contribution in [2.24, 2.45) is 5.92 Å². The molecule has 1 aromatic carbocycles. The maximum absolute atomic E-state index is 5.59. The van der Waals surface area contributed by atoms with Gasteiger partial charge in [-0.2, -0.15) is 0 Å². The number of rotatable bonds is 5. The van der Waals surface area contributed by atoms with Gasteiger partial charge in [-0.05, 0) is 37.9 Å². The van der Waals surface area contributed by atoms with Gasteiger partial charge in [-0.3, -0.25) is 4.90 Å². The summed E-state index contributed by atoms with van der Waals surface area (Å²) in [6.45, 7) is 4.36. The van der Waals surface area contributed by atoms with Crippen LogP contribution >= 0.6 is 12.4 Å². The molecule has 2 aliphatic heterocycles. The van der Waals surface area contributed by atoms with E-state index in [9.17, 15) is 0 Å². The Labute approximate surface area is 144 Å². The van der Waals surface area contributed by atoms with Crippen molar-refractivity contribution < 1.29 is 14.2 Å². The largest absolute Gasteiger partial charge is 0.493 e. The molecule has 2 atom stereocenters. The molecule has 23 heavy (non-hydrogen) atoms. The van der Waals surface area contributed by atoms with Crippen LogP contribution in [0.1, 0.15) is 18.4 Å². The lowest BCUT2D eigenvalue weighted by atomic mass is 9.93. The summed E-state index contributed by atoms with van der Waals surface area (Å²) in [5, 5.41) is 3.61. The maximum atomic E-state index is 5.59. The minimum Gasteiger partial charge on any atom is -0.493 e. The van der Waals surface area contributed by atoms with Crippen molar-refractivity contribution >= 4 is 12.4 Å². The lowest BCUT2D eigenvalue weighted by molar-refractivity contribution is 0.154. The summed E-state index contributed by atoms with van der Waals surface area (Å²) in [5.41, 5.74) is 1.16. The number of halogens is 1. The van der Waals surface area contributed by atoms with Gasteiger partial charge in [0.05, 0.1) is 21.3 Å². The summed E-state index contributed by atoms with van der Waals surface area (Å²) < 4.78 is 16.4. The van der Waals surface area contributed by atoms with Gasteiger partial charge in [0.25, 0.3) is 0 Å². The lowest BCUT2D eigenvalue weighted by Gasteiger charge is -2.35. The lowest BCUT2D eigenvalue weighted by Crippen LogP contribution is -2.43. The van der Waals surface area contributed by atoms with Crippen LogP contribution in [0, 0.1) is 5.92 Å². The number of nitrogens with zero attached hydrogens (tertiary/aromatic N) is 1. The second kappa shape index (κ2) is 8.08. The van der Waals surface area contributed by atoms with Crippen molar-refractivity contribution in [1.82, 2.24) is 10.2 Å². The highest BCUT2D eigenvalue weighted by atomic mass is 35.5. The van der Waals surface area contributed by atoms with Crippen molar-refractivity contribution in [2.45, 2.75) is 25.4 Å². The van der Waals surface area contributed by atoms with Crippen LogP contribution in [0.2, 0.25) is 0 Å². The second-order valence-corrected chi connectivity index (χ2v) is 6.13. The van der Waals surface area contributed by atoms with E-state index in [4.69, 9.17) is 14.2 Å². The molecule has 0 amide bonds. The summed E-state index contributed by atoms with van der Waals surface area (Å²) in [6.07, 6.45) is 2.53. The number of likely N-dealkylation sites (tertiary alicyclic amines) is 1. The summed E-state index contributed by atoms with van der Waals surface area (Å²) in [4.78, 5) is 2.53. The quantitative estimate of drug-likeness (QED) is 0.889. The van der Waals surface area contributed by atoms with E-state index in [1.807, 2.05) is 6.07 Å². The summed E-state index contributed by atoms with van der Waals surface area (Å²) in [7, 11) is 4.99. The van der Waals surface area contributed by atoms with Gasteiger partial charge in [0.15, 0.2) is 11.5 Å². The molecule has 2 saturated heterocycles. The fraction of sp³-hybridized carbons (Fsp3) is 0.647. The van der Waals surface area contributed by atoms with E-state index in [0.29, 0.717) is 11.5 Å². The Kier molecular flexibility index (Phi) is 6.39. The molecule has 0 radical (unpaired) electrons. The molecule has 2 aliphatic rings. The Hall–Kier alpha value is -1.17. The van der Waals surface area contributed by atoms with Crippen molar-refractivity contribution in [2.75, 3.05) is 41.0 Å². The number of fused-ring (bicyclic) bond motifs is 1. The van der Waals surface area contributed by atoms with E-state index in [0.717, 1.165) is 42.9 Å². The average molecular weight is 343 g/mol. The van der Waals surface area contributed by atoms with E-state index in [-0.39, 0.29) is 12.4 Å². The number of benzene rings is 1. The van der Waals surface area contributed by atoms with Crippen LogP contribution in [-0.4, -0.2) is 51.9 Å². The van der Waals surface area contributed by atoms with Crippen LogP contribution in [0.4, 0.5) is 0 Å². The normalized spacial score (nSPS) is 23.8. The van der Waals surface area contributed by atoms with Crippen LogP contribution in [0.3, 0.4) is 0 Å². The van der Waals surface area contributed by atoms with Crippen molar-refractivity contribution in [3.63, 3.8) is 0 Å². The molecule has 130 valence electrons. The van der Waals surface area contributed by atoms with E-state index in [1.54, 1.807) is 21.3 Å². The Bertz CT molecular complexity index is 527. The SMILES string of the molecule is COc1ccc(CN2CCC3NCCC3C2)c(OC)c1OC.Cl. The van der Waals surface area contributed by atoms with E-state index in [1.165, 1.54) is 19.4 Å². The van der Waals surface area contributed by atoms with Gasteiger partial charge in [-0.25, -0.2) is 0 Å². The van der Waals surface area contributed by atoms with E-state index < -0.39 is 0 Å². The Morgan fingerprint density at radius 3 is 2.57 bits per heavy atom. The number of nitrogens with one attached hydrogen (secondary N) is 1. The summed E-state index contributed by atoms with van der Waals surface area (Å²) in [5.74, 6) is 2.97. The molecule has 3 rings (SSSR count). The zero-order valence-electron chi connectivity index (χ0n) is 14.1. The standard InChI is InChI=1S/C17H26N2O3.ClH/c1-20-15-5-4-13(16(21-2)17(15)22-3)11-19-9-7-14-12(10-19)6-8-18-14;/h4-5,12,14,18H,6-11H2,1-3H3;1H. The van der Waals surface area contributed by atoms with Crippen LogP contribution in [-0.2, 0) is 6.54 Å². The molecule has 2 fully saturated rings. The summed E-state index contributed by atoms with van der Waals surface area (Å²) in [6, 6.07) is 4.77. The highest BCUT2D eigenvalue weighted by Crippen LogP contribution is 2.40. The molecule has 1 aromatic rings. The zero-order valence-corrected chi connectivity index (χ0v) is 14.9. The molecular weight excluding hydrogens is 316 g/mol. The third-order valence-corrected chi connectivity index (χ3v) is 4.92. The van der Waals surface area contributed by atoms with Gasteiger partial charge in [0.2, 0.25) is 5.75 Å². The maximum Gasteiger partial charge on any atom is 0.203 e. The third kappa shape index (κ3) is 3.67. The Morgan fingerprint density at radius 1 is 1.09 bits per heavy atom. The molecule has 5 nitrogen and oxygen atoms in total. The highest BCUT2D eigenvalue weighted by Gasteiger charge is 2.32. The Balaban J connectivity index is 0.00000192. The summed E-state index contributed by atoms with van der Waals surface area (Å²) >= 11 is 0. The van der Waals surface area contributed by atoms with Gasteiger partial charge in [-0.1, -0.05) is 6.07 Å². The van der Waals surface area contributed by atoms with Crippen molar-refractivity contribution in [1.29, 1.82) is 0 Å². The highest BCUT2D eigenvalue weighted by molar-refractivity contribution is 5.85. The first kappa shape index (κ1) is 18.2.